The second-order valence-corrected chi connectivity index (χ2v) is 7.57. The van der Waals surface area contributed by atoms with E-state index in [1.807, 2.05) is 44.2 Å². The van der Waals surface area contributed by atoms with Gasteiger partial charge >= 0.3 is 5.97 Å². The quantitative estimate of drug-likeness (QED) is 0.927. The highest BCUT2D eigenvalue weighted by Gasteiger charge is 2.34. The second-order valence-electron chi connectivity index (χ2n) is 6.36. The molecule has 1 amide bonds. The zero-order valence-corrected chi connectivity index (χ0v) is 14.5. The first-order valence-electron chi connectivity index (χ1n) is 8.00. The lowest BCUT2D eigenvalue weighted by molar-refractivity contribution is -0.143. The highest BCUT2D eigenvalue weighted by molar-refractivity contribution is 7.14. The summed E-state index contributed by atoms with van der Waals surface area (Å²) in [6.45, 7) is 4.73. The van der Waals surface area contributed by atoms with E-state index >= 15 is 0 Å². The van der Waals surface area contributed by atoms with Crippen LogP contribution in [0, 0.1) is 18.8 Å². The summed E-state index contributed by atoms with van der Waals surface area (Å²) in [5.74, 6) is -1.26. The minimum absolute atomic E-state index is 0.114. The standard InChI is InChI=1S/C18H20N2O3S/c1-11-8-14(18(22)23)10-20(9-11)17(21)16-15(19-12(2)24-16)13-6-4-3-5-7-13/h3-7,11,14H,8-10H2,1-2H3,(H,22,23). The summed E-state index contributed by atoms with van der Waals surface area (Å²) in [4.78, 5) is 31.2. The summed E-state index contributed by atoms with van der Waals surface area (Å²) >= 11 is 1.37. The Morgan fingerprint density at radius 3 is 2.62 bits per heavy atom. The number of nitrogens with zero attached hydrogens (tertiary/aromatic N) is 2. The molecule has 126 valence electrons. The van der Waals surface area contributed by atoms with Gasteiger partial charge < -0.3 is 10.0 Å². The third-order valence-electron chi connectivity index (χ3n) is 4.27. The van der Waals surface area contributed by atoms with Gasteiger partial charge in [-0.2, -0.15) is 0 Å². The number of hydrogen-bond donors (Lipinski definition) is 1. The number of rotatable bonds is 3. The molecule has 0 radical (unpaired) electrons. The SMILES string of the molecule is Cc1nc(-c2ccccc2)c(C(=O)N2CC(C)CC(C(=O)O)C2)s1. The molecule has 1 aromatic heterocycles. The number of thiazole rings is 1. The summed E-state index contributed by atoms with van der Waals surface area (Å²) in [5.41, 5.74) is 1.60. The van der Waals surface area contributed by atoms with Crippen molar-refractivity contribution in [1.29, 1.82) is 0 Å². The molecule has 0 spiro atoms. The summed E-state index contributed by atoms with van der Waals surface area (Å²) < 4.78 is 0. The molecule has 2 unspecified atom stereocenters. The average molecular weight is 344 g/mol. The number of carbonyl (C=O) groups is 2. The third kappa shape index (κ3) is 3.33. The third-order valence-corrected chi connectivity index (χ3v) is 5.23. The molecule has 1 saturated heterocycles. The van der Waals surface area contributed by atoms with E-state index < -0.39 is 11.9 Å². The van der Waals surface area contributed by atoms with E-state index in [2.05, 4.69) is 4.98 Å². The Hall–Kier alpha value is -2.21. The predicted octanol–water partition coefficient (Wildman–Crippen LogP) is 3.30. The topological polar surface area (TPSA) is 70.5 Å². The Labute approximate surface area is 145 Å². The minimum atomic E-state index is -0.830. The van der Waals surface area contributed by atoms with Crippen molar-refractivity contribution in [3.63, 3.8) is 0 Å². The summed E-state index contributed by atoms with van der Waals surface area (Å²) in [5, 5.41) is 10.1. The predicted molar refractivity (Wildman–Crippen MR) is 93.1 cm³/mol. The van der Waals surface area contributed by atoms with Crippen molar-refractivity contribution >= 4 is 23.2 Å². The molecule has 24 heavy (non-hydrogen) atoms. The molecule has 2 aromatic rings. The molecule has 0 saturated carbocycles. The Morgan fingerprint density at radius 2 is 1.96 bits per heavy atom. The van der Waals surface area contributed by atoms with Crippen LogP contribution in [0.25, 0.3) is 11.3 Å². The summed E-state index contributed by atoms with van der Waals surface area (Å²) in [7, 11) is 0. The van der Waals surface area contributed by atoms with E-state index in [1.54, 1.807) is 4.90 Å². The molecule has 5 nitrogen and oxygen atoms in total. The van der Waals surface area contributed by atoms with Crippen LogP contribution >= 0.6 is 11.3 Å². The van der Waals surface area contributed by atoms with Crippen molar-refractivity contribution in [2.45, 2.75) is 20.3 Å². The molecular formula is C18H20N2O3S. The molecule has 1 fully saturated rings. The second kappa shape index (κ2) is 6.73. The number of aryl methyl sites for hydroxylation is 1. The van der Waals surface area contributed by atoms with Gasteiger partial charge in [0.15, 0.2) is 0 Å². The monoisotopic (exact) mass is 344 g/mol. The fourth-order valence-corrected chi connectivity index (χ4v) is 4.11. The molecule has 2 heterocycles. The molecule has 0 bridgehead atoms. The van der Waals surface area contributed by atoms with Gasteiger partial charge in [-0.25, -0.2) is 4.98 Å². The first-order valence-corrected chi connectivity index (χ1v) is 8.82. The first kappa shape index (κ1) is 16.6. The van der Waals surface area contributed by atoms with Crippen LogP contribution in [0.5, 0.6) is 0 Å². The zero-order valence-electron chi connectivity index (χ0n) is 13.7. The van der Waals surface area contributed by atoms with Crippen LogP contribution in [0.1, 0.15) is 28.0 Å². The van der Waals surface area contributed by atoms with Crippen LogP contribution < -0.4 is 0 Å². The number of carboxylic acids is 1. The molecule has 1 aliphatic heterocycles. The van der Waals surface area contributed by atoms with E-state index in [4.69, 9.17) is 0 Å². The molecule has 3 rings (SSSR count). The fourth-order valence-electron chi connectivity index (χ4n) is 3.20. The van der Waals surface area contributed by atoms with Gasteiger partial charge in [-0.15, -0.1) is 11.3 Å². The van der Waals surface area contributed by atoms with Crippen molar-refractivity contribution in [2.24, 2.45) is 11.8 Å². The molecule has 1 aliphatic rings. The average Bonchev–Trinajstić information content (AvgIpc) is 2.96. The Kier molecular flexibility index (Phi) is 4.66. The molecule has 6 heteroatoms. The van der Waals surface area contributed by atoms with Gasteiger partial charge in [-0.1, -0.05) is 37.3 Å². The number of piperidine rings is 1. The van der Waals surface area contributed by atoms with Gasteiger partial charge in [-0.05, 0) is 19.3 Å². The van der Waals surface area contributed by atoms with E-state index in [9.17, 15) is 14.7 Å². The van der Waals surface area contributed by atoms with Gasteiger partial charge in [-0.3, -0.25) is 9.59 Å². The van der Waals surface area contributed by atoms with Crippen LogP contribution in [-0.2, 0) is 4.79 Å². The molecule has 1 N–H and O–H groups in total. The van der Waals surface area contributed by atoms with Crippen LogP contribution in [0.4, 0.5) is 0 Å². The van der Waals surface area contributed by atoms with E-state index in [-0.39, 0.29) is 18.4 Å². The smallest absolute Gasteiger partial charge is 0.308 e. The molecule has 1 aromatic carbocycles. The maximum absolute atomic E-state index is 13.0. The van der Waals surface area contributed by atoms with Crippen molar-refractivity contribution < 1.29 is 14.7 Å². The van der Waals surface area contributed by atoms with Crippen LogP contribution in [-0.4, -0.2) is 40.0 Å². The maximum Gasteiger partial charge on any atom is 0.308 e. The lowest BCUT2D eigenvalue weighted by Crippen LogP contribution is -2.45. The Bertz CT molecular complexity index is 757. The largest absolute Gasteiger partial charge is 0.481 e. The maximum atomic E-state index is 13.0. The molecule has 0 aliphatic carbocycles. The molecule has 2 atom stereocenters. The van der Waals surface area contributed by atoms with Crippen molar-refractivity contribution in [1.82, 2.24) is 9.88 Å². The van der Waals surface area contributed by atoms with Gasteiger partial charge in [0.05, 0.1) is 16.6 Å². The highest BCUT2D eigenvalue weighted by atomic mass is 32.1. The number of benzene rings is 1. The van der Waals surface area contributed by atoms with Crippen molar-refractivity contribution in [3.8, 4) is 11.3 Å². The number of likely N-dealkylation sites (tertiary alicyclic amines) is 1. The number of aromatic nitrogens is 1. The normalized spacial score (nSPS) is 20.8. The first-order chi connectivity index (χ1) is 11.5. The fraction of sp³-hybridized carbons (Fsp3) is 0.389. The van der Waals surface area contributed by atoms with Gasteiger partial charge in [0.2, 0.25) is 0 Å². The van der Waals surface area contributed by atoms with E-state index in [0.717, 1.165) is 10.6 Å². The Balaban J connectivity index is 1.92. The van der Waals surface area contributed by atoms with Crippen molar-refractivity contribution in [2.75, 3.05) is 13.1 Å². The highest BCUT2D eigenvalue weighted by Crippen LogP contribution is 2.31. The number of hydrogen-bond acceptors (Lipinski definition) is 4. The van der Waals surface area contributed by atoms with Gasteiger partial charge in [0.25, 0.3) is 5.91 Å². The number of amides is 1. The number of carbonyl (C=O) groups excluding carboxylic acids is 1. The van der Waals surface area contributed by atoms with Crippen LogP contribution in [0.3, 0.4) is 0 Å². The van der Waals surface area contributed by atoms with Crippen molar-refractivity contribution in [3.05, 3.63) is 40.2 Å². The zero-order chi connectivity index (χ0) is 17.3. The van der Waals surface area contributed by atoms with Gasteiger partial charge in [0.1, 0.15) is 4.88 Å². The summed E-state index contributed by atoms with van der Waals surface area (Å²) in [6.07, 6.45) is 0.617. The number of carboxylic acid groups (broad SMARTS) is 1. The van der Waals surface area contributed by atoms with E-state index in [0.29, 0.717) is 23.5 Å². The van der Waals surface area contributed by atoms with Crippen LogP contribution in [0.2, 0.25) is 0 Å². The lowest BCUT2D eigenvalue weighted by Gasteiger charge is -2.34. The molecular weight excluding hydrogens is 324 g/mol. The minimum Gasteiger partial charge on any atom is -0.481 e. The van der Waals surface area contributed by atoms with Crippen LogP contribution in [0.15, 0.2) is 30.3 Å². The lowest BCUT2D eigenvalue weighted by atomic mass is 9.90. The van der Waals surface area contributed by atoms with E-state index in [1.165, 1.54) is 11.3 Å². The summed E-state index contributed by atoms with van der Waals surface area (Å²) in [6, 6.07) is 9.63. The van der Waals surface area contributed by atoms with Gasteiger partial charge in [0, 0.05) is 18.7 Å². The number of aliphatic carboxylic acids is 1. The Morgan fingerprint density at radius 1 is 1.25 bits per heavy atom.